The van der Waals surface area contributed by atoms with E-state index in [4.69, 9.17) is 9.84 Å². The van der Waals surface area contributed by atoms with Gasteiger partial charge in [-0.25, -0.2) is 0 Å². The van der Waals surface area contributed by atoms with Gasteiger partial charge in [0.1, 0.15) is 6.10 Å². The molecule has 4 atom stereocenters. The lowest BCUT2D eigenvalue weighted by Gasteiger charge is -2.15. The van der Waals surface area contributed by atoms with E-state index in [1.54, 1.807) is 0 Å². The molecule has 0 unspecified atom stereocenters. The highest BCUT2D eigenvalue weighted by Crippen LogP contribution is 2.45. The van der Waals surface area contributed by atoms with Crippen LogP contribution in [0.15, 0.2) is 24.0 Å². The number of aliphatic carboxylic acids is 1. The summed E-state index contributed by atoms with van der Waals surface area (Å²) in [6.45, 7) is 2.22. The SMILES string of the molecule is CCCCCC/C=C/[C@@H]1[C@H]2C/C(=C/CCCC(=O)O)O[C@H]2C[C@H]1O. The second kappa shape index (κ2) is 9.87. The van der Waals surface area contributed by atoms with Gasteiger partial charge in [0, 0.05) is 31.1 Å². The molecule has 2 aliphatic rings. The molecule has 0 spiro atoms. The molecule has 0 bridgehead atoms. The van der Waals surface area contributed by atoms with Crippen LogP contribution in [-0.2, 0) is 9.53 Å². The Kier molecular flexibility index (Phi) is 7.83. The van der Waals surface area contributed by atoms with Crippen LogP contribution < -0.4 is 0 Å². The van der Waals surface area contributed by atoms with E-state index in [0.29, 0.717) is 18.8 Å². The molecule has 1 heterocycles. The van der Waals surface area contributed by atoms with Crippen molar-refractivity contribution in [1.29, 1.82) is 0 Å². The summed E-state index contributed by atoms with van der Waals surface area (Å²) in [4.78, 5) is 10.5. The average Bonchev–Trinajstić information content (AvgIpc) is 3.04. The Morgan fingerprint density at radius 1 is 1.25 bits per heavy atom. The van der Waals surface area contributed by atoms with Crippen LogP contribution in [0.3, 0.4) is 0 Å². The summed E-state index contributed by atoms with van der Waals surface area (Å²) < 4.78 is 5.97. The second-order valence-corrected chi connectivity index (χ2v) is 7.14. The molecular weight excluding hydrogens is 304 g/mol. The van der Waals surface area contributed by atoms with Crippen LogP contribution >= 0.6 is 0 Å². The molecule has 0 aromatic heterocycles. The second-order valence-electron chi connectivity index (χ2n) is 7.14. The average molecular weight is 336 g/mol. The number of allylic oxidation sites excluding steroid dienone is 3. The Morgan fingerprint density at radius 2 is 2.08 bits per heavy atom. The lowest BCUT2D eigenvalue weighted by atomic mass is 9.90. The van der Waals surface area contributed by atoms with Crippen LogP contribution in [0.1, 0.15) is 71.1 Å². The summed E-state index contributed by atoms with van der Waals surface area (Å²) in [5, 5.41) is 18.9. The van der Waals surface area contributed by atoms with E-state index in [9.17, 15) is 9.90 Å². The molecule has 0 radical (unpaired) electrons. The number of hydrogen-bond acceptors (Lipinski definition) is 3. The normalized spacial score (nSPS) is 30.8. The van der Waals surface area contributed by atoms with Gasteiger partial charge in [0.15, 0.2) is 0 Å². The van der Waals surface area contributed by atoms with Crippen LogP contribution in [0.4, 0.5) is 0 Å². The lowest BCUT2D eigenvalue weighted by Crippen LogP contribution is -2.16. The zero-order valence-electron chi connectivity index (χ0n) is 14.8. The van der Waals surface area contributed by atoms with Gasteiger partial charge in [-0.05, 0) is 31.8 Å². The third kappa shape index (κ3) is 5.66. The molecule has 0 aromatic rings. The van der Waals surface area contributed by atoms with Crippen LogP contribution in [0.25, 0.3) is 0 Å². The smallest absolute Gasteiger partial charge is 0.303 e. The number of aliphatic hydroxyl groups is 1. The molecule has 0 amide bonds. The number of rotatable bonds is 10. The fourth-order valence-corrected chi connectivity index (χ4v) is 3.84. The van der Waals surface area contributed by atoms with Gasteiger partial charge in [-0.2, -0.15) is 0 Å². The first-order valence-electron chi connectivity index (χ1n) is 9.54. The first-order chi connectivity index (χ1) is 11.6. The molecule has 2 rings (SSSR count). The molecular formula is C20H32O4. The summed E-state index contributed by atoms with van der Waals surface area (Å²) in [5.74, 6) is 0.817. The van der Waals surface area contributed by atoms with Gasteiger partial charge < -0.3 is 14.9 Å². The molecule has 136 valence electrons. The number of carboxylic acids is 1. The number of ether oxygens (including phenoxy) is 1. The van der Waals surface area contributed by atoms with Crippen LogP contribution in [0.5, 0.6) is 0 Å². The minimum atomic E-state index is -0.745. The van der Waals surface area contributed by atoms with Crippen molar-refractivity contribution in [2.45, 2.75) is 83.3 Å². The zero-order valence-corrected chi connectivity index (χ0v) is 14.8. The highest BCUT2D eigenvalue weighted by molar-refractivity contribution is 5.66. The number of hydrogen-bond donors (Lipinski definition) is 2. The van der Waals surface area contributed by atoms with Gasteiger partial charge in [0.2, 0.25) is 0 Å². The van der Waals surface area contributed by atoms with E-state index in [-0.39, 0.29) is 24.5 Å². The molecule has 24 heavy (non-hydrogen) atoms. The van der Waals surface area contributed by atoms with Crippen LogP contribution in [-0.4, -0.2) is 28.4 Å². The minimum Gasteiger partial charge on any atom is -0.495 e. The van der Waals surface area contributed by atoms with E-state index in [2.05, 4.69) is 19.1 Å². The van der Waals surface area contributed by atoms with Crippen molar-refractivity contribution in [2.24, 2.45) is 11.8 Å². The number of unbranched alkanes of at least 4 members (excludes halogenated alkanes) is 5. The molecule has 2 N–H and O–H groups in total. The Hall–Kier alpha value is -1.29. The monoisotopic (exact) mass is 336 g/mol. The predicted molar refractivity (Wildman–Crippen MR) is 94.6 cm³/mol. The van der Waals surface area contributed by atoms with E-state index in [0.717, 1.165) is 25.0 Å². The van der Waals surface area contributed by atoms with Crippen molar-refractivity contribution >= 4 is 5.97 Å². The van der Waals surface area contributed by atoms with Gasteiger partial charge in [0.25, 0.3) is 0 Å². The van der Waals surface area contributed by atoms with Gasteiger partial charge in [0.05, 0.1) is 11.9 Å². The molecule has 2 fully saturated rings. The third-order valence-corrected chi connectivity index (χ3v) is 5.18. The molecule has 1 saturated heterocycles. The number of carboxylic acid groups (broad SMARTS) is 1. The first-order valence-corrected chi connectivity index (χ1v) is 9.54. The quantitative estimate of drug-likeness (QED) is 0.457. The Labute approximate surface area is 145 Å². The van der Waals surface area contributed by atoms with Crippen molar-refractivity contribution in [1.82, 2.24) is 0 Å². The summed E-state index contributed by atoms with van der Waals surface area (Å²) in [6.07, 6.45) is 15.7. The maximum Gasteiger partial charge on any atom is 0.303 e. The molecule has 0 aromatic carbocycles. The number of fused-ring (bicyclic) bond motifs is 1. The zero-order chi connectivity index (χ0) is 17.4. The standard InChI is InChI=1S/C20H32O4/c1-2-3-4-5-6-7-11-16-17-13-15(10-8-9-12-20(22)23)24-19(17)14-18(16)21/h7,10-11,16-19,21H,2-6,8-9,12-14H2,1H3,(H,22,23)/b11-7+,15-10-/t16-,17-,18-,19+/m1/s1. The fourth-order valence-electron chi connectivity index (χ4n) is 3.84. The molecule has 4 heteroatoms. The van der Waals surface area contributed by atoms with Crippen molar-refractivity contribution in [3.8, 4) is 0 Å². The van der Waals surface area contributed by atoms with E-state index in [1.165, 1.54) is 25.7 Å². The molecule has 1 saturated carbocycles. The Morgan fingerprint density at radius 3 is 2.83 bits per heavy atom. The minimum absolute atomic E-state index is 0.125. The van der Waals surface area contributed by atoms with E-state index >= 15 is 0 Å². The fraction of sp³-hybridized carbons (Fsp3) is 0.750. The van der Waals surface area contributed by atoms with Crippen molar-refractivity contribution in [3.63, 3.8) is 0 Å². The van der Waals surface area contributed by atoms with Gasteiger partial charge in [-0.3, -0.25) is 4.79 Å². The molecule has 4 nitrogen and oxygen atoms in total. The summed E-state index contributed by atoms with van der Waals surface area (Å²) in [7, 11) is 0. The third-order valence-electron chi connectivity index (χ3n) is 5.18. The number of aliphatic hydroxyl groups excluding tert-OH is 1. The van der Waals surface area contributed by atoms with Crippen LogP contribution in [0.2, 0.25) is 0 Å². The van der Waals surface area contributed by atoms with Crippen molar-refractivity contribution in [2.75, 3.05) is 0 Å². The topological polar surface area (TPSA) is 66.8 Å². The first kappa shape index (κ1) is 19.0. The Bertz CT molecular complexity index is 455. The van der Waals surface area contributed by atoms with Crippen molar-refractivity contribution in [3.05, 3.63) is 24.0 Å². The van der Waals surface area contributed by atoms with Crippen LogP contribution in [0, 0.1) is 11.8 Å². The largest absolute Gasteiger partial charge is 0.495 e. The molecule has 1 aliphatic carbocycles. The summed E-state index contributed by atoms with van der Waals surface area (Å²) >= 11 is 0. The van der Waals surface area contributed by atoms with E-state index < -0.39 is 5.97 Å². The summed E-state index contributed by atoms with van der Waals surface area (Å²) in [6, 6.07) is 0. The maximum absolute atomic E-state index is 10.5. The van der Waals surface area contributed by atoms with Gasteiger partial charge in [-0.1, -0.05) is 38.3 Å². The Balaban J connectivity index is 1.77. The van der Waals surface area contributed by atoms with E-state index in [1.807, 2.05) is 6.08 Å². The lowest BCUT2D eigenvalue weighted by molar-refractivity contribution is -0.137. The van der Waals surface area contributed by atoms with Gasteiger partial charge >= 0.3 is 5.97 Å². The maximum atomic E-state index is 10.5. The predicted octanol–water partition coefficient (Wildman–Crippen LogP) is 4.44. The van der Waals surface area contributed by atoms with Gasteiger partial charge in [-0.15, -0.1) is 0 Å². The highest BCUT2D eigenvalue weighted by atomic mass is 16.5. The number of carbonyl (C=O) groups is 1. The molecule has 1 aliphatic heterocycles. The van der Waals surface area contributed by atoms with Crippen molar-refractivity contribution < 1.29 is 19.7 Å². The highest BCUT2D eigenvalue weighted by Gasteiger charge is 2.46. The summed E-state index contributed by atoms with van der Waals surface area (Å²) in [5.41, 5.74) is 0.